The van der Waals surface area contributed by atoms with Gasteiger partial charge >= 0.3 is 0 Å². The second-order valence-electron chi connectivity index (χ2n) is 4.65. The van der Waals surface area contributed by atoms with E-state index in [9.17, 15) is 9.18 Å². The van der Waals surface area contributed by atoms with Crippen LogP contribution in [-0.2, 0) is 11.3 Å². The van der Waals surface area contributed by atoms with E-state index >= 15 is 0 Å². The lowest BCUT2D eigenvalue weighted by Crippen LogP contribution is -2.30. The Balaban J connectivity index is 1.84. The number of carbonyl (C=O) groups is 1. The van der Waals surface area contributed by atoms with E-state index in [1.807, 2.05) is 6.92 Å². The molecule has 21 heavy (non-hydrogen) atoms. The number of halogens is 1. The van der Waals surface area contributed by atoms with Crippen LogP contribution in [0.2, 0.25) is 0 Å². The summed E-state index contributed by atoms with van der Waals surface area (Å²) in [7, 11) is 0. The van der Waals surface area contributed by atoms with E-state index in [-0.39, 0.29) is 17.0 Å². The Labute approximate surface area is 127 Å². The molecule has 0 aliphatic rings. The number of nitrogens with one attached hydrogen (secondary N) is 1. The molecule has 1 amide bonds. The van der Waals surface area contributed by atoms with Crippen LogP contribution in [0.5, 0.6) is 0 Å². The Hall–Kier alpha value is -1.95. The monoisotopic (exact) mass is 305 g/mol. The third-order valence-corrected chi connectivity index (χ3v) is 3.78. The first-order valence-corrected chi connectivity index (χ1v) is 7.40. The predicted molar refractivity (Wildman–Crippen MR) is 80.3 cm³/mol. The van der Waals surface area contributed by atoms with Crippen LogP contribution in [0, 0.1) is 12.7 Å². The number of thioether (sulfide) groups is 1. The maximum atomic E-state index is 12.8. The smallest absolute Gasteiger partial charge is 0.233 e. The van der Waals surface area contributed by atoms with Crippen molar-refractivity contribution in [2.75, 3.05) is 0 Å². The summed E-state index contributed by atoms with van der Waals surface area (Å²) in [5.41, 5.74) is 1.83. The molecule has 0 saturated carbocycles. The molecule has 2 aromatic rings. The molecule has 0 saturated heterocycles. The number of aryl methyl sites for hydroxylation is 1. The van der Waals surface area contributed by atoms with E-state index in [4.69, 9.17) is 0 Å². The van der Waals surface area contributed by atoms with Crippen molar-refractivity contribution in [2.45, 2.75) is 30.8 Å². The van der Waals surface area contributed by atoms with Crippen LogP contribution >= 0.6 is 11.8 Å². The minimum Gasteiger partial charge on any atom is -0.351 e. The summed E-state index contributed by atoms with van der Waals surface area (Å²) < 4.78 is 12.8. The van der Waals surface area contributed by atoms with Gasteiger partial charge in [-0.2, -0.15) is 0 Å². The minimum absolute atomic E-state index is 0.103. The molecule has 0 bridgehead atoms. The summed E-state index contributed by atoms with van der Waals surface area (Å²) in [6, 6.07) is 6.05. The van der Waals surface area contributed by atoms with Crippen LogP contribution in [-0.4, -0.2) is 21.1 Å². The topological polar surface area (TPSA) is 54.9 Å². The largest absolute Gasteiger partial charge is 0.351 e. The molecule has 0 unspecified atom stereocenters. The molecule has 2 rings (SSSR count). The van der Waals surface area contributed by atoms with Crippen LogP contribution in [0.25, 0.3) is 0 Å². The number of rotatable bonds is 5. The Morgan fingerprint density at radius 3 is 2.52 bits per heavy atom. The molecule has 1 atom stereocenters. The number of amides is 1. The fourth-order valence-corrected chi connectivity index (χ4v) is 2.32. The maximum absolute atomic E-state index is 12.8. The van der Waals surface area contributed by atoms with Crippen molar-refractivity contribution in [2.24, 2.45) is 0 Å². The Morgan fingerprint density at radius 1 is 1.29 bits per heavy atom. The lowest BCUT2D eigenvalue weighted by molar-refractivity contribution is -0.120. The summed E-state index contributed by atoms with van der Waals surface area (Å²) in [6.07, 6.45) is 3.44. The van der Waals surface area contributed by atoms with Gasteiger partial charge in [0.15, 0.2) is 5.16 Å². The average molecular weight is 305 g/mol. The summed E-state index contributed by atoms with van der Waals surface area (Å²) in [5.74, 6) is -0.390. The molecule has 4 nitrogen and oxygen atoms in total. The number of carbonyl (C=O) groups excluding carboxylic acids is 1. The molecule has 0 aliphatic heterocycles. The standard InChI is InChI=1S/C15H16FN3OS/c1-10-7-18-15(19-8-10)21-11(2)14(20)17-9-12-3-5-13(16)6-4-12/h3-8,11H,9H2,1-2H3,(H,17,20)/t11-/m0/s1. The molecule has 1 aromatic carbocycles. The van der Waals surface area contributed by atoms with Crippen molar-refractivity contribution in [1.82, 2.24) is 15.3 Å². The summed E-state index contributed by atoms with van der Waals surface area (Å²) in [6.45, 7) is 4.08. The van der Waals surface area contributed by atoms with Crippen molar-refractivity contribution < 1.29 is 9.18 Å². The van der Waals surface area contributed by atoms with Crippen LogP contribution in [0.4, 0.5) is 4.39 Å². The second-order valence-corrected chi connectivity index (χ2v) is 5.96. The van der Waals surface area contributed by atoms with E-state index in [0.717, 1.165) is 11.1 Å². The van der Waals surface area contributed by atoms with Gasteiger partial charge < -0.3 is 5.32 Å². The molecule has 6 heteroatoms. The van der Waals surface area contributed by atoms with Gasteiger partial charge in [-0.25, -0.2) is 14.4 Å². The van der Waals surface area contributed by atoms with Gasteiger partial charge in [-0.05, 0) is 37.1 Å². The van der Waals surface area contributed by atoms with Gasteiger partial charge in [0.1, 0.15) is 5.82 Å². The highest BCUT2D eigenvalue weighted by atomic mass is 32.2. The third kappa shape index (κ3) is 4.82. The van der Waals surface area contributed by atoms with E-state index in [0.29, 0.717) is 11.7 Å². The van der Waals surface area contributed by atoms with Gasteiger partial charge in [0.05, 0.1) is 5.25 Å². The van der Waals surface area contributed by atoms with E-state index < -0.39 is 0 Å². The molecule has 1 heterocycles. The highest BCUT2D eigenvalue weighted by molar-refractivity contribution is 8.00. The molecule has 1 aromatic heterocycles. The fourth-order valence-electron chi connectivity index (χ4n) is 1.59. The van der Waals surface area contributed by atoms with E-state index in [1.165, 1.54) is 23.9 Å². The lowest BCUT2D eigenvalue weighted by atomic mass is 10.2. The first-order chi connectivity index (χ1) is 10.0. The molecule has 0 fully saturated rings. The van der Waals surface area contributed by atoms with Gasteiger partial charge in [-0.15, -0.1) is 0 Å². The minimum atomic E-state index is -0.298. The van der Waals surface area contributed by atoms with Crippen molar-refractivity contribution in [1.29, 1.82) is 0 Å². The summed E-state index contributed by atoms with van der Waals surface area (Å²) in [5, 5.41) is 3.09. The molecule has 0 radical (unpaired) electrons. The number of hydrogen-bond donors (Lipinski definition) is 1. The average Bonchev–Trinajstić information content (AvgIpc) is 2.48. The molecule has 0 aliphatic carbocycles. The Morgan fingerprint density at radius 2 is 1.90 bits per heavy atom. The zero-order valence-electron chi connectivity index (χ0n) is 11.8. The van der Waals surface area contributed by atoms with Gasteiger partial charge in [-0.3, -0.25) is 4.79 Å². The zero-order chi connectivity index (χ0) is 15.2. The zero-order valence-corrected chi connectivity index (χ0v) is 12.7. The van der Waals surface area contributed by atoms with Crippen molar-refractivity contribution in [3.63, 3.8) is 0 Å². The van der Waals surface area contributed by atoms with Gasteiger partial charge in [0.25, 0.3) is 0 Å². The van der Waals surface area contributed by atoms with Crippen molar-refractivity contribution in [3.8, 4) is 0 Å². The quantitative estimate of drug-likeness (QED) is 0.681. The number of hydrogen-bond acceptors (Lipinski definition) is 4. The highest BCUT2D eigenvalue weighted by Crippen LogP contribution is 2.18. The van der Waals surface area contributed by atoms with Crippen molar-refractivity contribution >= 4 is 17.7 Å². The van der Waals surface area contributed by atoms with Crippen molar-refractivity contribution in [3.05, 3.63) is 53.6 Å². The van der Waals surface area contributed by atoms with Crippen LogP contribution in [0.1, 0.15) is 18.1 Å². The molecule has 1 N–H and O–H groups in total. The first-order valence-electron chi connectivity index (χ1n) is 6.52. The molecular formula is C15H16FN3OS. The van der Waals surface area contributed by atoms with Crippen LogP contribution in [0.15, 0.2) is 41.8 Å². The van der Waals surface area contributed by atoms with Gasteiger partial charge in [-0.1, -0.05) is 23.9 Å². The SMILES string of the molecule is Cc1cnc(S[C@@H](C)C(=O)NCc2ccc(F)cc2)nc1. The van der Waals surface area contributed by atoms with E-state index in [1.54, 1.807) is 31.5 Å². The lowest BCUT2D eigenvalue weighted by Gasteiger charge is -2.11. The van der Waals surface area contributed by atoms with Gasteiger partial charge in [0.2, 0.25) is 5.91 Å². The summed E-state index contributed by atoms with van der Waals surface area (Å²) >= 11 is 1.30. The molecule has 110 valence electrons. The summed E-state index contributed by atoms with van der Waals surface area (Å²) in [4.78, 5) is 20.3. The molecule has 0 spiro atoms. The number of nitrogens with zero attached hydrogens (tertiary/aromatic N) is 2. The third-order valence-electron chi connectivity index (χ3n) is 2.79. The fraction of sp³-hybridized carbons (Fsp3) is 0.267. The van der Waals surface area contributed by atoms with Crippen LogP contribution < -0.4 is 5.32 Å². The number of benzene rings is 1. The Kier molecular flexibility index (Phi) is 5.27. The predicted octanol–water partition coefficient (Wildman–Crippen LogP) is 2.72. The highest BCUT2D eigenvalue weighted by Gasteiger charge is 2.15. The first kappa shape index (κ1) is 15.4. The normalized spacial score (nSPS) is 12.0. The Bertz CT molecular complexity index is 601. The van der Waals surface area contributed by atoms with E-state index in [2.05, 4.69) is 15.3 Å². The maximum Gasteiger partial charge on any atom is 0.233 e. The number of aromatic nitrogens is 2. The molecular weight excluding hydrogens is 289 g/mol. The second kappa shape index (κ2) is 7.17. The van der Waals surface area contributed by atoms with Crippen LogP contribution in [0.3, 0.4) is 0 Å². The van der Waals surface area contributed by atoms with Gasteiger partial charge in [0, 0.05) is 18.9 Å².